The van der Waals surface area contributed by atoms with Gasteiger partial charge in [0.15, 0.2) is 11.6 Å². The van der Waals surface area contributed by atoms with Crippen LogP contribution in [0.15, 0.2) is 18.2 Å². The number of benzene rings is 1. The van der Waals surface area contributed by atoms with Crippen LogP contribution in [0.1, 0.15) is 5.56 Å². The van der Waals surface area contributed by atoms with Gasteiger partial charge in [-0.25, -0.2) is 13.2 Å². The third-order valence-electron chi connectivity index (χ3n) is 1.42. The molecule has 0 atom stereocenters. The zero-order valence-electron chi connectivity index (χ0n) is 6.73. The molecule has 0 heterocycles. The summed E-state index contributed by atoms with van der Waals surface area (Å²) < 4.78 is 38.1. The predicted octanol–water partition coefficient (Wildman–Crippen LogP) is 2.88. The molecule has 0 spiro atoms. The van der Waals surface area contributed by atoms with Crippen molar-refractivity contribution in [1.29, 1.82) is 0 Å². The Hall–Kier alpha value is -1.29. The van der Waals surface area contributed by atoms with E-state index in [-0.39, 0.29) is 5.56 Å². The zero-order chi connectivity index (χ0) is 10.7. The van der Waals surface area contributed by atoms with Gasteiger partial charge in [0.25, 0.3) is 0 Å². The highest BCUT2D eigenvalue weighted by atomic mass is 35.5. The molecule has 0 saturated heterocycles. The van der Waals surface area contributed by atoms with Gasteiger partial charge < -0.3 is 0 Å². The van der Waals surface area contributed by atoms with Gasteiger partial charge in [-0.15, -0.1) is 0 Å². The zero-order valence-corrected chi connectivity index (χ0v) is 7.49. The first kappa shape index (κ1) is 10.8. The van der Waals surface area contributed by atoms with Crippen LogP contribution in [0.2, 0.25) is 0 Å². The van der Waals surface area contributed by atoms with E-state index in [4.69, 9.17) is 11.6 Å². The Morgan fingerprint density at radius 3 is 2.50 bits per heavy atom. The Labute approximate surface area is 82.8 Å². The van der Waals surface area contributed by atoms with Gasteiger partial charge in [-0.2, -0.15) is 0 Å². The summed E-state index contributed by atoms with van der Waals surface area (Å²) in [5.74, 6) is -3.46. The minimum atomic E-state index is -1.31. The number of carbonyl (C=O) groups excluding carboxylic acids is 1. The van der Waals surface area contributed by atoms with Gasteiger partial charge in [-0.05, 0) is 29.8 Å². The third-order valence-corrected chi connectivity index (χ3v) is 1.54. The smallest absolute Gasteiger partial charge is 0.245 e. The molecule has 0 fully saturated rings. The SMILES string of the molecule is O=C(Cl)C=Cc1cc(F)cc(F)c1F. The minimum absolute atomic E-state index is 0.364. The van der Waals surface area contributed by atoms with Gasteiger partial charge in [0, 0.05) is 11.6 Å². The minimum Gasteiger partial charge on any atom is -0.276 e. The van der Waals surface area contributed by atoms with Crippen LogP contribution in [-0.4, -0.2) is 5.24 Å². The first-order valence-corrected chi connectivity index (χ1v) is 3.90. The third kappa shape index (κ3) is 2.60. The molecule has 1 aromatic carbocycles. The van der Waals surface area contributed by atoms with Crippen LogP contribution in [0.3, 0.4) is 0 Å². The quantitative estimate of drug-likeness (QED) is 0.426. The fraction of sp³-hybridized carbons (Fsp3) is 0. The standard InChI is InChI=1S/C9H4ClF3O/c10-8(14)2-1-5-3-6(11)4-7(12)9(5)13/h1-4H. The van der Waals surface area contributed by atoms with Gasteiger partial charge in [-0.3, -0.25) is 4.79 Å². The van der Waals surface area contributed by atoms with Crippen molar-refractivity contribution in [3.63, 3.8) is 0 Å². The average Bonchev–Trinajstić information content (AvgIpc) is 2.08. The van der Waals surface area contributed by atoms with Crippen molar-refractivity contribution >= 4 is 22.9 Å². The lowest BCUT2D eigenvalue weighted by Crippen LogP contribution is -1.91. The van der Waals surface area contributed by atoms with Crippen LogP contribution in [0.5, 0.6) is 0 Å². The maximum Gasteiger partial charge on any atom is 0.245 e. The summed E-state index contributed by atoms with van der Waals surface area (Å²) in [6.07, 6.45) is 1.70. The van der Waals surface area contributed by atoms with Gasteiger partial charge in [0.2, 0.25) is 5.24 Å². The number of halogens is 4. The first-order valence-electron chi connectivity index (χ1n) is 3.53. The van der Waals surface area contributed by atoms with Crippen molar-refractivity contribution in [3.05, 3.63) is 41.2 Å². The molecule has 0 aliphatic carbocycles. The molecule has 1 aromatic rings. The van der Waals surface area contributed by atoms with Crippen LogP contribution in [-0.2, 0) is 4.79 Å². The topological polar surface area (TPSA) is 17.1 Å². The normalized spacial score (nSPS) is 10.9. The Morgan fingerprint density at radius 1 is 1.29 bits per heavy atom. The highest BCUT2D eigenvalue weighted by Crippen LogP contribution is 2.15. The van der Waals surface area contributed by atoms with Crippen molar-refractivity contribution in [2.24, 2.45) is 0 Å². The fourth-order valence-corrected chi connectivity index (χ4v) is 0.915. The summed E-state index contributed by atoms with van der Waals surface area (Å²) in [5, 5.41) is -0.853. The molecule has 0 aliphatic rings. The summed E-state index contributed by atoms with van der Waals surface area (Å²) in [7, 11) is 0. The van der Waals surface area contributed by atoms with E-state index in [1.165, 1.54) is 0 Å². The van der Waals surface area contributed by atoms with Crippen LogP contribution < -0.4 is 0 Å². The first-order chi connectivity index (χ1) is 6.50. The second-order valence-electron chi connectivity index (χ2n) is 2.43. The summed E-state index contributed by atoms with van der Waals surface area (Å²) in [6, 6.07) is 1.17. The highest BCUT2D eigenvalue weighted by Gasteiger charge is 2.08. The van der Waals surface area contributed by atoms with Gasteiger partial charge in [-0.1, -0.05) is 0 Å². The lowest BCUT2D eigenvalue weighted by Gasteiger charge is -1.98. The largest absolute Gasteiger partial charge is 0.276 e. The summed E-state index contributed by atoms with van der Waals surface area (Å²) in [4.78, 5) is 10.3. The van der Waals surface area contributed by atoms with E-state index in [2.05, 4.69) is 0 Å². The van der Waals surface area contributed by atoms with E-state index < -0.39 is 22.7 Å². The summed E-state index contributed by atoms with van der Waals surface area (Å²) >= 11 is 4.92. The number of allylic oxidation sites excluding steroid dienone is 1. The average molecular weight is 221 g/mol. The number of hydrogen-bond acceptors (Lipinski definition) is 1. The number of rotatable bonds is 2. The maximum absolute atomic E-state index is 12.9. The van der Waals surface area contributed by atoms with E-state index in [0.717, 1.165) is 18.2 Å². The van der Waals surface area contributed by atoms with Crippen molar-refractivity contribution < 1.29 is 18.0 Å². The van der Waals surface area contributed by atoms with Crippen molar-refractivity contribution in [2.75, 3.05) is 0 Å². The summed E-state index contributed by atoms with van der Waals surface area (Å²) in [5.41, 5.74) is -0.364. The molecule has 0 amide bonds. The number of carbonyl (C=O) groups is 1. The van der Waals surface area contributed by atoms with Gasteiger partial charge >= 0.3 is 0 Å². The van der Waals surface area contributed by atoms with Crippen LogP contribution in [0, 0.1) is 17.5 Å². The van der Waals surface area contributed by atoms with E-state index >= 15 is 0 Å². The summed E-state index contributed by atoms with van der Waals surface area (Å²) in [6.45, 7) is 0. The van der Waals surface area contributed by atoms with Crippen LogP contribution in [0.4, 0.5) is 13.2 Å². The lowest BCUT2D eigenvalue weighted by atomic mass is 10.2. The van der Waals surface area contributed by atoms with Crippen molar-refractivity contribution in [3.8, 4) is 0 Å². The number of hydrogen-bond donors (Lipinski definition) is 0. The van der Waals surface area contributed by atoms with Crippen LogP contribution >= 0.6 is 11.6 Å². The maximum atomic E-state index is 12.9. The molecular weight excluding hydrogens is 217 g/mol. The molecule has 1 nitrogen and oxygen atoms in total. The van der Waals surface area contributed by atoms with Gasteiger partial charge in [0.1, 0.15) is 5.82 Å². The van der Waals surface area contributed by atoms with E-state index in [1.807, 2.05) is 0 Å². The molecule has 1 rings (SSSR count). The highest BCUT2D eigenvalue weighted by molar-refractivity contribution is 6.66. The predicted molar refractivity (Wildman–Crippen MR) is 46.2 cm³/mol. The molecule has 74 valence electrons. The Bertz CT molecular complexity index is 401. The Morgan fingerprint density at radius 2 is 1.93 bits per heavy atom. The second-order valence-corrected chi connectivity index (χ2v) is 2.80. The Balaban J connectivity index is 3.14. The molecule has 5 heteroatoms. The molecule has 14 heavy (non-hydrogen) atoms. The lowest BCUT2D eigenvalue weighted by molar-refractivity contribution is -0.107. The molecule has 0 radical (unpaired) electrons. The molecule has 0 N–H and O–H groups in total. The van der Waals surface area contributed by atoms with E-state index in [1.54, 1.807) is 0 Å². The molecular formula is C9H4ClF3O. The molecule has 0 saturated carbocycles. The molecule has 0 bridgehead atoms. The second kappa shape index (κ2) is 4.28. The molecule has 0 aromatic heterocycles. The van der Waals surface area contributed by atoms with Gasteiger partial charge in [0.05, 0.1) is 0 Å². The monoisotopic (exact) mass is 220 g/mol. The fourth-order valence-electron chi connectivity index (χ4n) is 0.852. The Kier molecular flexibility index (Phi) is 3.30. The van der Waals surface area contributed by atoms with E-state index in [9.17, 15) is 18.0 Å². The molecule has 0 aliphatic heterocycles. The molecule has 0 unspecified atom stereocenters. The van der Waals surface area contributed by atoms with Crippen LogP contribution in [0.25, 0.3) is 6.08 Å². The van der Waals surface area contributed by atoms with Crippen molar-refractivity contribution in [2.45, 2.75) is 0 Å². The van der Waals surface area contributed by atoms with E-state index in [0.29, 0.717) is 6.07 Å². The van der Waals surface area contributed by atoms with Crippen molar-refractivity contribution in [1.82, 2.24) is 0 Å².